The van der Waals surface area contributed by atoms with Crippen LogP contribution in [0.15, 0.2) is 0 Å². The van der Waals surface area contributed by atoms with Crippen molar-refractivity contribution in [3.05, 3.63) is 0 Å². The van der Waals surface area contributed by atoms with Crippen molar-refractivity contribution in [2.75, 3.05) is 0 Å². The smallest absolute Gasteiger partial charge is 1.00 e. The van der Waals surface area contributed by atoms with E-state index in [1.165, 1.54) is 0 Å². The third kappa shape index (κ3) is 370. The first-order valence-electron chi connectivity index (χ1n) is 0.894. The van der Waals surface area contributed by atoms with Gasteiger partial charge in [-0.25, -0.2) is 0 Å². The molecule has 0 saturated heterocycles. The van der Waals surface area contributed by atoms with Gasteiger partial charge in [-0.15, -0.1) is 0 Å². The van der Waals surface area contributed by atoms with Crippen LogP contribution < -0.4 is 0 Å². The SMILES string of the molecule is C.O.O[Si](O)(O)O.[H-].[H-].[Mg+2]. The van der Waals surface area contributed by atoms with Crippen LogP contribution in [0.1, 0.15) is 10.3 Å². The molecule has 0 spiro atoms. The molecular formula is CH12MgO5Si. The van der Waals surface area contributed by atoms with Crippen LogP contribution in [0.25, 0.3) is 0 Å². The van der Waals surface area contributed by atoms with Crippen LogP contribution >= 0.6 is 0 Å². The summed E-state index contributed by atoms with van der Waals surface area (Å²) in [4.78, 5) is 29.3. The summed E-state index contributed by atoms with van der Waals surface area (Å²) in [5.74, 6) is 0. The zero-order chi connectivity index (χ0) is 4.50. The standard InChI is InChI=1S/CH4.Mg.H4O4Si.H2O.2H/c;;1-5(2,3)4;;;/h1H4;;1-4H;1H2;;/q;+2;;;2*-1. The van der Waals surface area contributed by atoms with Gasteiger partial charge in [-0.2, -0.15) is 0 Å². The molecule has 0 bridgehead atoms. The summed E-state index contributed by atoms with van der Waals surface area (Å²) in [6.45, 7) is 0. The molecule has 0 aromatic heterocycles. The van der Waals surface area contributed by atoms with Crippen molar-refractivity contribution in [1.82, 2.24) is 0 Å². The van der Waals surface area contributed by atoms with Gasteiger partial charge in [0.2, 0.25) is 0 Å². The summed E-state index contributed by atoms with van der Waals surface area (Å²) in [6, 6.07) is 0. The first-order chi connectivity index (χ1) is 2.00. The number of rotatable bonds is 0. The average Bonchev–Trinajstić information content (AvgIpc) is 0.722. The zero-order valence-electron chi connectivity index (χ0n) is 5.50. The summed E-state index contributed by atoms with van der Waals surface area (Å²) < 4.78 is 0. The molecule has 52 valence electrons. The minimum absolute atomic E-state index is 0. The van der Waals surface area contributed by atoms with E-state index in [1.807, 2.05) is 0 Å². The van der Waals surface area contributed by atoms with E-state index in [0.717, 1.165) is 0 Å². The molecule has 0 radical (unpaired) electrons. The molecule has 8 heavy (non-hydrogen) atoms. The topological polar surface area (TPSA) is 112 Å². The van der Waals surface area contributed by atoms with Gasteiger partial charge in [0, 0.05) is 0 Å². The molecule has 0 atom stereocenters. The van der Waals surface area contributed by atoms with Gasteiger partial charge >= 0.3 is 32.1 Å². The van der Waals surface area contributed by atoms with Crippen molar-refractivity contribution in [3.63, 3.8) is 0 Å². The van der Waals surface area contributed by atoms with E-state index < -0.39 is 9.05 Å². The maximum absolute atomic E-state index is 7.33. The van der Waals surface area contributed by atoms with Gasteiger partial charge in [0.1, 0.15) is 0 Å². The molecule has 0 aromatic carbocycles. The minimum Gasteiger partial charge on any atom is -1.00 e. The molecule has 0 fully saturated rings. The Morgan fingerprint density at radius 3 is 1.00 bits per heavy atom. The first-order valence-corrected chi connectivity index (χ1v) is 2.68. The third-order valence-corrected chi connectivity index (χ3v) is 0. The predicted molar refractivity (Wildman–Crippen MR) is 33.0 cm³/mol. The van der Waals surface area contributed by atoms with Gasteiger partial charge in [-0.3, -0.25) is 0 Å². The molecule has 7 heteroatoms. The summed E-state index contributed by atoms with van der Waals surface area (Å²) in [5, 5.41) is 0. The predicted octanol–water partition coefficient (Wildman–Crippen LogP) is -2.95. The van der Waals surface area contributed by atoms with Crippen LogP contribution in [0.4, 0.5) is 0 Å². The van der Waals surface area contributed by atoms with Crippen molar-refractivity contribution < 1.29 is 27.5 Å². The van der Waals surface area contributed by atoms with Crippen molar-refractivity contribution >= 4 is 32.1 Å². The van der Waals surface area contributed by atoms with Crippen molar-refractivity contribution in [2.24, 2.45) is 0 Å². The van der Waals surface area contributed by atoms with Gasteiger partial charge in [-0.1, -0.05) is 7.43 Å². The van der Waals surface area contributed by atoms with E-state index in [2.05, 4.69) is 0 Å². The Hall–Kier alpha value is 0.783. The van der Waals surface area contributed by atoms with Crippen LogP contribution in [-0.4, -0.2) is 56.8 Å². The minimum atomic E-state index is -4.61. The Morgan fingerprint density at radius 2 is 1.00 bits per heavy atom. The molecule has 0 aromatic rings. The maximum atomic E-state index is 7.33. The molecule has 6 N–H and O–H groups in total. The van der Waals surface area contributed by atoms with Gasteiger partial charge in [0.05, 0.1) is 0 Å². The fraction of sp³-hybridized carbons (Fsp3) is 1.00. The van der Waals surface area contributed by atoms with E-state index in [-0.39, 0.29) is 38.8 Å². The van der Waals surface area contributed by atoms with E-state index in [1.54, 1.807) is 0 Å². The van der Waals surface area contributed by atoms with E-state index >= 15 is 0 Å². The fourth-order valence-electron chi connectivity index (χ4n) is 0. The number of hydrogen-bond acceptors (Lipinski definition) is 4. The van der Waals surface area contributed by atoms with E-state index in [9.17, 15) is 0 Å². The molecule has 0 aliphatic heterocycles. The summed E-state index contributed by atoms with van der Waals surface area (Å²) in [7, 11) is -4.61. The Kier molecular flexibility index (Phi) is 22.6. The molecule has 0 heterocycles. The molecule has 0 aliphatic rings. The van der Waals surface area contributed by atoms with E-state index in [4.69, 9.17) is 19.2 Å². The molecule has 0 unspecified atom stereocenters. The van der Waals surface area contributed by atoms with Crippen molar-refractivity contribution in [3.8, 4) is 0 Å². The summed E-state index contributed by atoms with van der Waals surface area (Å²) in [6.07, 6.45) is 0. The molecule has 0 aliphatic carbocycles. The van der Waals surface area contributed by atoms with Crippen molar-refractivity contribution in [1.29, 1.82) is 0 Å². The fourth-order valence-corrected chi connectivity index (χ4v) is 0. The second kappa shape index (κ2) is 7.78. The van der Waals surface area contributed by atoms with Crippen molar-refractivity contribution in [2.45, 2.75) is 7.43 Å². The average molecular weight is 156 g/mol. The second-order valence-electron chi connectivity index (χ2n) is 0.600. The van der Waals surface area contributed by atoms with Gasteiger partial charge < -0.3 is 27.5 Å². The van der Waals surface area contributed by atoms with Crippen LogP contribution in [0.2, 0.25) is 0 Å². The zero-order valence-corrected chi connectivity index (χ0v) is 5.91. The third-order valence-electron chi connectivity index (χ3n) is 0. The first kappa shape index (κ1) is 23.3. The molecule has 0 saturated carbocycles. The van der Waals surface area contributed by atoms with Crippen LogP contribution in [0.3, 0.4) is 0 Å². The van der Waals surface area contributed by atoms with Gasteiger partial charge in [0.25, 0.3) is 0 Å². The van der Waals surface area contributed by atoms with E-state index in [0.29, 0.717) is 0 Å². The monoisotopic (exact) mass is 156 g/mol. The molecular weight excluding hydrogens is 144 g/mol. The molecule has 5 nitrogen and oxygen atoms in total. The summed E-state index contributed by atoms with van der Waals surface area (Å²) in [5.41, 5.74) is 0. The maximum Gasteiger partial charge on any atom is 2.00 e. The van der Waals surface area contributed by atoms with Crippen LogP contribution in [0.5, 0.6) is 0 Å². The Labute approximate surface area is 67.5 Å². The normalized spacial score (nSPS) is 7.50. The quantitative estimate of drug-likeness (QED) is 0.281. The molecule has 0 amide bonds. The van der Waals surface area contributed by atoms with Crippen LogP contribution in [-0.2, 0) is 0 Å². The summed E-state index contributed by atoms with van der Waals surface area (Å²) >= 11 is 0. The second-order valence-corrected chi connectivity index (χ2v) is 1.80. The van der Waals surface area contributed by atoms with Crippen LogP contribution in [0, 0.1) is 0 Å². The van der Waals surface area contributed by atoms with Gasteiger partial charge in [0.15, 0.2) is 0 Å². The number of hydrogen-bond donors (Lipinski definition) is 4. The van der Waals surface area contributed by atoms with Gasteiger partial charge in [-0.05, 0) is 0 Å². The largest absolute Gasteiger partial charge is 2.00 e. The Balaban J connectivity index is -0.00000000800. The Bertz CT molecular complexity index is 35.1. The molecule has 0 rings (SSSR count). The Morgan fingerprint density at radius 1 is 1.00 bits per heavy atom.